The summed E-state index contributed by atoms with van der Waals surface area (Å²) in [7, 11) is -3.54. The highest BCUT2D eigenvalue weighted by atomic mass is 32.2. The van der Waals surface area contributed by atoms with Crippen LogP contribution in [-0.2, 0) is 45.5 Å². The molecule has 1 aliphatic carbocycles. The molecule has 7 nitrogen and oxygen atoms in total. The van der Waals surface area contributed by atoms with E-state index in [1.54, 1.807) is 29.2 Å². The van der Waals surface area contributed by atoms with E-state index in [0.717, 1.165) is 35.1 Å². The van der Waals surface area contributed by atoms with Gasteiger partial charge in [-0.1, -0.05) is 103 Å². The molecule has 2 N–H and O–H groups in total. The average molecular weight is 596 g/mol. The number of carbonyl (C=O) groups excluding carboxylic acids is 2. The monoisotopic (exact) mass is 595 g/mol. The van der Waals surface area contributed by atoms with E-state index in [9.17, 15) is 18.0 Å². The van der Waals surface area contributed by atoms with Gasteiger partial charge in [0.1, 0.15) is 6.04 Å². The van der Waals surface area contributed by atoms with Gasteiger partial charge in [0, 0.05) is 32.0 Å². The van der Waals surface area contributed by atoms with Crippen LogP contribution in [0.15, 0.2) is 120 Å². The highest BCUT2D eigenvalue weighted by molar-refractivity contribution is 7.89. The number of carbonyl (C=O) groups is 2. The first-order chi connectivity index (χ1) is 20.9. The Labute approximate surface area is 254 Å². The fourth-order valence-electron chi connectivity index (χ4n) is 4.96. The molecule has 1 aliphatic rings. The van der Waals surface area contributed by atoms with Gasteiger partial charge in [-0.25, -0.2) is 13.1 Å². The molecule has 0 aromatic heterocycles. The van der Waals surface area contributed by atoms with Crippen LogP contribution in [0, 0.1) is 0 Å². The molecule has 43 heavy (non-hydrogen) atoms. The average Bonchev–Trinajstić information content (AvgIpc) is 3.85. The predicted molar refractivity (Wildman–Crippen MR) is 167 cm³/mol. The number of sulfonamides is 1. The second-order valence-electron chi connectivity index (χ2n) is 11.0. The van der Waals surface area contributed by atoms with Crippen molar-refractivity contribution in [3.63, 3.8) is 0 Å². The first-order valence-electron chi connectivity index (χ1n) is 14.7. The Balaban J connectivity index is 1.34. The summed E-state index contributed by atoms with van der Waals surface area (Å²) < 4.78 is 27.8. The van der Waals surface area contributed by atoms with E-state index in [2.05, 4.69) is 10.0 Å². The summed E-state index contributed by atoms with van der Waals surface area (Å²) in [6.45, 7) is 0.656. The molecule has 4 aromatic carbocycles. The molecule has 0 saturated heterocycles. The third-order valence-corrected chi connectivity index (χ3v) is 9.07. The smallest absolute Gasteiger partial charge is 0.243 e. The van der Waals surface area contributed by atoms with Gasteiger partial charge in [-0.05, 0) is 53.6 Å². The van der Waals surface area contributed by atoms with Crippen molar-refractivity contribution in [2.24, 2.45) is 0 Å². The normalized spacial score (nSPS) is 13.7. The van der Waals surface area contributed by atoms with E-state index in [1.165, 1.54) is 0 Å². The molecular weight excluding hydrogens is 558 g/mol. The molecule has 0 aliphatic heterocycles. The largest absolute Gasteiger partial charge is 0.350 e. The van der Waals surface area contributed by atoms with Crippen LogP contribution in [-0.4, -0.2) is 37.2 Å². The number of hydrogen-bond acceptors (Lipinski definition) is 4. The van der Waals surface area contributed by atoms with Crippen molar-refractivity contribution in [3.05, 3.63) is 138 Å². The van der Waals surface area contributed by atoms with Gasteiger partial charge in [0.15, 0.2) is 0 Å². The minimum atomic E-state index is -3.54. The van der Waals surface area contributed by atoms with Gasteiger partial charge >= 0.3 is 0 Å². The molecule has 2 amide bonds. The number of rotatable bonds is 14. The summed E-state index contributed by atoms with van der Waals surface area (Å²) in [6.07, 6.45) is 2.71. The molecule has 0 heterocycles. The topological polar surface area (TPSA) is 95.6 Å². The third-order valence-electron chi connectivity index (χ3n) is 7.54. The number of hydrogen-bond donors (Lipinski definition) is 2. The zero-order valence-electron chi connectivity index (χ0n) is 24.1. The van der Waals surface area contributed by atoms with E-state index in [1.807, 2.05) is 91.0 Å². The molecule has 1 unspecified atom stereocenters. The van der Waals surface area contributed by atoms with E-state index >= 15 is 0 Å². The van der Waals surface area contributed by atoms with Crippen LogP contribution >= 0.6 is 0 Å². The highest BCUT2D eigenvalue weighted by Gasteiger charge is 2.30. The standard InChI is InChI=1S/C35H37N3O4S/c39-34(23-18-27-16-21-32(22-17-27)43(41,42)37-31-19-20-31)38(26-30-14-8-3-9-15-30)33(24-28-10-4-1-5-11-28)35(40)36-25-29-12-6-2-7-13-29/h1-17,21-22,31,33,37H,18-20,23-26H2,(H,36,40). The fraction of sp³-hybridized carbons (Fsp3) is 0.257. The Morgan fingerprint density at radius 2 is 1.28 bits per heavy atom. The number of benzene rings is 4. The van der Waals surface area contributed by atoms with Crippen molar-refractivity contribution in [2.75, 3.05) is 0 Å². The lowest BCUT2D eigenvalue weighted by Gasteiger charge is -2.31. The Kier molecular flexibility index (Phi) is 10.0. The van der Waals surface area contributed by atoms with E-state index in [0.29, 0.717) is 25.9 Å². The molecule has 0 bridgehead atoms. The second-order valence-corrected chi connectivity index (χ2v) is 12.7. The zero-order chi connectivity index (χ0) is 30.1. The minimum absolute atomic E-state index is 0.0339. The maximum Gasteiger partial charge on any atom is 0.243 e. The Bertz CT molecular complexity index is 1590. The quantitative estimate of drug-likeness (QED) is 0.214. The maximum atomic E-state index is 13.9. The lowest BCUT2D eigenvalue weighted by atomic mass is 10.0. The lowest BCUT2D eigenvalue weighted by molar-refractivity contribution is -0.141. The van der Waals surface area contributed by atoms with Crippen LogP contribution in [0.2, 0.25) is 0 Å². The van der Waals surface area contributed by atoms with E-state index in [-0.39, 0.29) is 29.2 Å². The van der Waals surface area contributed by atoms with Gasteiger partial charge in [-0.2, -0.15) is 0 Å². The number of nitrogens with zero attached hydrogens (tertiary/aromatic N) is 1. The molecule has 5 rings (SSSR count). The van der Waals surface area contributed by atoms with Crippen LogP contribution in [0.3, 0.4) is 0 Å². The first-order valence-corrected chi connectivity index (χ1v) is 16.2. The summed E-state index contributed by atoms with van der Waals surface area (Å²) in [5.74, 6) is -0.360. The van der Waals surface area contributed by atoms with E-state index < -0.39 is 16.1 Å². The second kappa shape index (κ2) is 14.3. The lowest BCUT2D eigenvalue weighted by Crippen LogP contribution is -2.50. The number of nitrogens with one attached hydrogen (secondary N) is 2. The van der Waals surface area contributed by atoms with Gasteiger partial charge in [0.25, 0.3) is 0 Å². The first kappa shape index (κ1) is 30.2. The van der Waals surface area contributed by atoms with Crippen molar-refractivity contribution in [1.29, 1.82) is 0 Å². The maximum absolute atomic E-state index is 13.9. The van der Waals surface area contributed by atoms with Gasteiger partial charge in [0.05, 0.1) is 4.90 Å². The summed E-state index contributed by atoms with van der Waals surface area (Å²) in [6, 6.07) is 35.1. The van der Waals surface area contributed by atoms with Gasteiger partial charge in [-0.3, -0.25) is 9.59 Å². The molecule has 1 saturated carbocycles. The molecule has 1 atom stereocenters. The van der Waals surface area contributed by atoms with Crippen LogP contribution in [0.1, 0.15) is 41.5 Å². The van der Waals surface area contributed by atoms with Crippen molar-refractivity contribution < 1.29 is 18.0 Å². The van der Waals surface area contributed by atoms with Crippen LogP contribution in [0.4, 0.5) is 0 Å². The SMILES string of the molecule is O=C(NCc1ccccc1)C(Cc1ccccc1)N(Cc1ccccc1)C(=O)CCc1ccc(S(=O)(=O)NC2CC2)cc1. The van der Waals surface area contributed by atoms with Crippen LogP contribution < -0.4 is 10.0 Å². The summed E-state index contributed by atoms with van der Waals surface area (Å²) in [5, 5.41) is 3.06. The summed E-state index contributed by atoms with van der Waals surface area (Å²) in [4.78, 5) is 29.6. The van der Waals surface area contributed by atoms with Gasteiger partial charge < -0.3 is 10.2 Å². The van der Waals surface area contributed by atoms with Crippen molar-refractivity contribution in [3.8, 4) is 0 Å². The number of amides is 2. The van der Waals surface area contributed by atoms with E-state index in [4.69, 9.17) is 0 Å². The molecule has 222 valence electrons. The minimum Gasteiger partial charge on any atom is -0.350 e. The summed E-state index contributed by atoms with van der Waals surface area (Å²) in [5.41, 5.74) is 3.73. The Morgan fingerprint density at radius 3 is 1.86 bits per heavy atom. The van der Waals surface area contributed by atoms with Crippen molar-refractivity contribution in [2.45, 2.75) is 62.2 Å². The predicted octanol–water partition coefficient (Wildman–Crippen LogP) is 5.02. The van der Waals surface area contributed by atoms with Crippen molar-refractivity contribution >= 4 is 21.8 Å². The molecule has 0 spiro atoms. The fourth-order valence-corrected chi connectivity index (χ4v) is 6.26. The molecular formula is C35H37N3O4S. The van der Waals surface area contributed by atoms with Crippen molar-refractivity contribution in [1.82, 2.24) is 14.9 Å². The molecule has 4 aromatic rings. The Hall–Kier alpha value is -4.27. The molecule has 0 radical (unpaired) electrons. The number of aryl methyl sites for hydroxylation is 1. The summed E-state index contributed by atoms with van der Waals surface area (Å²) >= 11 is 0. The highest BCUT2D eigenvalue weighted by Crippen LogP contribution is 2.23. The third kappa shape index (κ3) is 8.86. The zero-order valence-corrected chi connectivity index (χ0v) is 24.9. The molecule has 1 fully saturated rings. The van der Waals surface area contributed by atoms with Crippen LogP contribution in [0.25, 0.3) is 0 Å². The van der Waals surface area contributed by atoms with Gasteiger partial charge in [0.2, 0.25) is 21.8 Å². The molecule has 8 heteroatoms. The Morgan fingerprint density at radius 1 is 0.721 bits per heavy atom. The van der Waals surface area contributed by atoms with Crippen LogP contribution in [0.5, 0.6) is 0 Å². The van der Waals surface area contributed by atoms with Gasteiger partial charge in [-0.15, -0.1) is 0 Å².